The molecule has 0 fully saturated rings. The number of benzene rings is 2. The van der Waals surface area contributed by atoms with Gasteiger partial charge in [0.1, 0.15) is 0 Å². The fraction of sp³-hybridized carbons (Fsp3) is 0.0556. The van der Waals surface area contributed by atoms with Crippen LogP contribution in [-0.4, -0.2) is 16.0 Å². The number of halogens is 2. The van der Waals surface area contributed by atoms with Gasteiger partial charge in [-0.2, -0.15) is 0 Å². The zero-order chi connectivity index (χ0) is 18.5. The summed E-state index contributed by atoms with van der Waals surface area (Å²) in [5.74, 6) is -0.200. The number of aromatic nitrogens is 1. The smallest absolute Gasteiger partial charge is 0.230 e. The molecule has 2 N–H and O–H groups in total. The molecule has 0 aliphatic heterocycles. The minimum absolute atomic E-state index is 0.200. The number of thiazole rings is 1. The number of hydrogen-bond acceptors (Lipinski definition) is 4. The van der Waals surface area contributed by atoms with Gasteiger partial charge in [0, 0.05) is 20.4 Å². The van der Waals surface area contributed by atoms with Gasteiger partial charge in [-0.05, 0) is 42.0 Å². The van der Waals surface area contributed by atoms with Crippen LogP contribution in [-0.2, 0) is 11.2 Å². The molecule has 4 nitrogen and oxygen atoms in total. The van der Waals surface area contributed by atoms with Crippen LogP contribution >= 0.6 is 51.1 Å². The van der Waals surface area contributed by atoms with Gasteiger partial charge < -0.3 is 10.6 Å². The van der Waals surface area contributed by atoms with E-state index in [1.807, 2.05) is 41.8 Å². The van der Waals surface area contributed by atoms with Crippen LogP contribution in [0.2, 0.25) is 5.02 Å². The molecular formula is C18H13BrClN3OS2. The molecule has 1 amide bonds. The monoisotopic (exact) mass is 465 g/mol. The summed E-state index contributed by atoms with van der Waals surface area (Å²) in [6, 6.07) is 15.0. The number of carbonyl (C=O) groups is 1. The third kappa shape index (κ3) is 5.35. The van der Waals surface area contributed by atoms with Crippen LogP contribution in [0.1, 0.15) is 5.56 Å². The van der Waals surface area contributed by atoms with Crippen LogP contribution in [0.3, 0.4) is 0 Å². The SMILES string of the molecule is O=C(Cc1ccc(Cl)cc1)NC(=S)Nc1nc(-c2ccc(Br)cc2)cs1. The second-order valence-corrected chi connectivity index (χ2v) is 7.97. The van der Waals surface area contributed by atoms with Crippen molar-refractivity contribution in [3.8, 4) is 11.3 Å². The van der Waals surface area contributed by atoms with Crippen molar-refractivity contribution < 1.29 is 4.79 Å². The molecular weight excluding hydrogens is 454 g/mol. The highest BCUT2D eigenvalue weighted by Gasteiger charge is 2.09. The Hall–Kier alpha value is -1.80. The Morgan fingerprint density at radius 2 is 1.85 bits per heavy atom. The first-order valence-electron chi connectivity index (χ1n) is 7.56. The summed E-state index contributed by atoms with van der Waals surface area (Å²) in [5.41, 5.74) is 2.72. The minimum atomic E-state index is -0.200. The van der Waals surface area contributed by atoms with Gasteiger partial charge in [0.05, 0.1) is 12.1 Å². The summed E-state index contributed by atoms with van der Waals surface area (Å²) in [4.78, 5) is 16.6. The van der Waals surface area contributed by atoms with Gasteiger partial charge in [-0.15, -0.1) is 11.3 Å². The molecule has 0 unspecified atom stereocenters. The summed E-state index contributed by atoms with van der Waals surface area (Å²) in [6.07, 6.45) is 0.223. The molecule has 26 heavy (non-hydrogen) atoms. The van der Waals surface area contributed by atoms with E-state index in [0.29, 0.717) is 10.2 Å². The first-order chi connectivity index (χ1) is 12.5. The van der Waals surface area contributed by atoms with E-state index in [-0.39, 0.29) is 17.4 Å². The van der Waals surface area contributed by atoms with Crippen molar-refractivity contribution in [2.45, 2.75) is 6.42 Å². The normalized spacial score (nSPS) is 10.4. The van der Waals surface area contributed by atoms with E-state index >= 15 is 0 Å². The Morgan fingerprint density at radius 3 is 2.54 bits per heavy atom. The lowest BCUT2D eigenvalue weighted by atomic mass is 10.1. The number of hydrogen-bond donors (Lipinski definition) is 2. The van der Waals surface area contributed by atoms with E-state index < -0.39 is 0 Å². The number of amides is 1. The molecule has 3 rings (SSSR count). The first kappa shape index (κ1) is 19.0. The third-order valence-electron chi connectivity index (χ3n) is 3.40. The number of nitrogens with zero attached hydrogens (tertiary/aromatic N) is 1. The summed E-state index contributed by atoms with van der Waals surface area (Å²) in [5, 5.41) is 9.02. The molecule has 0 spiro atoms. The summed E-state index contributed by atoms with van der Waals surface area (Å²) >= 11 is 15.9. The van der Waals surface area contributed by atoms with Crippen LogP contribution in [0.25, 0.3) is 11.3 Å². The van der Waals surface area contributed by atoms with Crippen LogP contribution in [0.5, 0.6) is 0 Å². The molecule has 0 atom stereocenters. The van der Waals surface area contributed by atoms with Crippen molar-refractivity contribution in [3.63, 3.8) is 0 Å². The molecule has 0 saturated heterocycles. The number of thiocarbonyl (C=S) groups is 1. The highest BCUT2D eigenvalue weighted by atomic mass is 79.9. The van der Waals surface area contributed by atoms with Gasteiger partial charge in [0.2, 0.25) is 5.91 Å². The number of carbonyl (C=O) groups excluding carboxylic acids is 1. The van der Waals surface area contributed by atoms with E-state index in [0.717, 1.165) is 21.3 Å². The second kappa shape index (κ2) is 8.73. The van der Waals surface area contributed by atoms with E-state index in [4.69, 9.17) is 23.8 Å². The second-order valence-electron chi connectivity index (χ2n) is 5.35. The summed E-state index contributed by atoms with van der Waals surface area (Å²) < 4.78 is 1.01. The fourth-order valence-corrected chi connectivity index (χ4v) is 3.56. The predicted octanol–water partition coefficient (Wildman–Crippen LogP) is 5.28. The van der Waals surface area contributed by atoms with Gasteiger partial charge in [0.15, 0.2) is 10.2 Å². The van der Waals surface area contributed by atoms with Crippen molar-refractivity contribution in [2.24, 2.45) is 0 Å². The molecule has 132 valence electrons. The Balaban J connectivity index is 1.55. The van der Waals surface area contributed by atoms with Crippen molar-refractivity contribution in [1.82, 2.24) is 10.3 Å². The van der Waals surface area contributed by atoms with Gasteiger partial charge in [-0.3, -0.25) is 4.79 Å². The van der Waals surface area contributed by atoms with E-state index in [1.54, 1.807) is 12.1 Å². The van der Waals surface area contributed by atoms with Crippen LogP contribution in [0.4, 0.5) is 5.13 Å². The molecule has 0 saturated carbocycles. The molecule has 2 aromatic carbocycles. The summed E-state index contributed by atoms with van der Waals surface area (Å²) in [6.45, 7) is 0. The Labute approximate surface area is 173 Å². The van der Waals surface area contributed by atoms with E-state index in [1.165, 1.54) is 11.3 Å². The first-order valence-corrected chi connectivity index (χ1v) is 10.0. The lowest BCUT2D eigenvalue weighted by Gasteiger charge is -2.07. The maximum Gasteiger partial charge on any atom is 0.230 e. The van der Waals surface area contributed by atoms with Gasteiger partial charge >= 0.3 is 0 Å². The number of nitrogens with one attached hydrogen (secondary N) is 2. The van der Waals surface area contributed by atoms with Crippen molar-refractivity contribution in [1.29, 1.82) is 0 Å². The third-order valence-corrected chi connectivity index (χ3v) is 5.14. The highest BCUT2D eigenvalue weighted by molar-refractivity contribution is 9.10. The van der Waals surface area contributed by atoms with E-state index in [9.17, 15) is 4.79 Å². The zero-order valence-corrected chi connectivity index (χ0v) is 17.3. The molecule has 0 aliphatic carbocycles. The lowest BCUT2D eigenvalue weighted by Crippen LogP contribution is -2.35. The van der Waals surface area contributed by atoms with Gasteiger partial charge in [-0.25, -0.2) is 4.98 Å². The molecule has 1 aromatic heterocycles. The van der Waals surface area contributed by atoms with Gasteiger partial charge in [0.25, 0.3) is 0 Å². The van der Waals surface area contributed by atoms with Crippen LogP contribution in [0, 0.1) is 0 Å². The predicted molar refractivity (Wildman–Crippen MR) is 115 cm³/mol. The standard InChI is InChI=1S/C18H13BrClN3OS2/c19-13-5-3-12(4-6-13)15-10-26-18(21-15)23-17(25)22-16(24)9-11-1-7-14(20)8-2-11/h1-8,10H,9H2,(H2,21,22,23,24,25). The van der Waals surface area contributed by atoms with Crippen LogP contribution < -0.4 is 10.6 Å². The minimum Gasteiger partial charge on any atom is -0.308 e. The maximum absolute atomic E-state index is 12.1. The molecule has 8 heteroatoms. The van der Waals surface area contributed by atoms with Gasteiger partial charge in [-0.1, -0.05) is 51.8 Å². The van der Waals surface area contributed by atoms with E-state index in [2.05, 4.69) is 31.5 Å². The molecule has 0 bridgehead atoms. The number of anilines is 1. The summed E-state index contributed by atoms with van der Waals surface area (Å²) in [7, 11) is 0. The Bertz CT molecular complexity index is 926. The number of rotatable bonds is 4. The Morgan fingerprint density at radius 1 is 1.15 bits per heavy atom. The average molecular weight is 467 g/mol. The molecule has 0 aliphatic rings. The van der Waals surface area contributed by atoms with Crippen molar-refractivity contribution >= 4 is 67.2 Å². The molecule has 3 aromatic rings. The lowest BCUT2D eigenvalue weighted by molar-refractivity contribution is -0.119. The maximum atomic E-state index is 12.1. The topological polar surface area (TPSA) is 54.0 Å². The Kier molecular flexibility index (Phi) is 6.37. The largest absolute Gasteiger partial charge is 0.308 e. The fourth-order valence-electron chi connectivity index (χ4n) is 2.17. The molecule has 1 heterocycles. The zero-order valence-electron chi connectivity index (χ0n) is 13.3. The van der Waals surface area contributed by atoms with Crippen molar-refractivity contribution in [2.75, 3.05) is 5.32 Å². The quantitative estimate of drug-likeness (QED) is 0.514. The average Bonchev–Trinajstić information content (AvgIpc) is 3.05. The molecule has 0 radical (unpaired) electrons. The van der Waals surface area contributed by atoms with Crippen molar-refractivity contribution in [3.05, 3.63) is 69.0 Å². The highest BCUT2D eigenvalue weighted by Crippen LogP contribution is 2.26. The van der Waals surface area contributed by atoms with Crippen LogP contribution in [0.15, 0.2) is 58.4 Å².